The van der Waals surface area contributed by atoms with Crippen LogP contribution in [0.15, 0.2) is 34.8 Å². The number of likely N-dealkylation sites (N-methyl/N-ethyl adjacent to an activating group) is 1. The number of allylic oxidation sites excluding steroid dienone is 1. The van der Waals surface area contributed by atoms with E-state index in [1.165, 1.54) is 6.07 Å². The van der Waals surface area contributed by atoms with Gasteiger partial charge in [0.1, 0.15) is 22.8 Å². The van der Waals surface area contributed by atoms with Gasteiger partial charge < -0.3 is 31.5 Å². The van der Waals surface area contributed by atoms with Gasteiger partial charge in [0, 0.05) is 17.5 Å². The Morgan fingerprint density at radius 1 is 1.24 bits per heavy atom. The predicted octanol–water partition coefficient (Wildman–Crippen LogP) is 1.65. The molecule has 1 unspecified atom stereocenters. The third-order valence-electron chi connectivity index (χ3n) is 8.76. The molecule has 0 aromatic heterocycles. The van der Waals surface area contributed by atoms with Gasteiger partial charge in [-0.2, -0.15) is 0 Å². The number of hydrogen-bond acceptors (Lipinski definition) is 9. The Hall–Kier alpha value is -3.21. The molecule has 206 valence electrons. The molecule has 1 amide bonds. The van der Waals surface area contributed by atoms with E-state index >= 15 is 0 Å². The van der Waals surface area contributed by atoms with E-state index in [2.05, 4.69) is 19.2 Å². The first-order valence-corrected chi connectivity index (χ1v) is 12.9. The second-order valence-electron chi connectivity index (χ2n) is 11.4. The molecule has 0 saturated carbocycles. The van der Waals surface area contributed by atoms with Crippen molar-refractivity contribution in [3.63, 3.8) is 0 Å². The highest BCUT2D eigenvalue weighted by Crippen LogP contribution is 2.58. The molecule has 10 heteroatoms. The van der Waals surface area contributed by atoms with Crippen LogP contribution in [0, 0.1) is 17.3 Å². The van der Waals surface area contributed by atoms with E-state index in [9.17, 15) is 34.8 Å². The van der Waals surface area contributed by atoms with Gasteiger partial charge in [0.25, 0.3) is 5.91 Å². The largest absolute Gasteiger partial charge is 0.510 e. The molecule has 0 bridgehead atoms. The minimum absolute atomic E-state index is 0.0266. The first-order chi connectivity index (χ1) is 17.7. The van der Waals surface area contributed by atoms with Crippen molar-refractivity contribution in [3.8, 4) is 5.75 Å². The standard InChI is InChI=1S/C28H37N3O7/c1-6-13(2)11-30-12-14-7-8-17(32)19-16(14)9-15-10-27(3)23(31(4)5)22(34)20(26(29)37)25(36)28(27,38)24(35)18(15)21(19)33/h7-8,13,15,23,30,32,34-35,38H,6,9-12H2,1-5H3,(H2,29,37)/t13?,15-,23+,27-,28-/m0/s1. The average molecular weight is 528 g/mol. The first kappa shape index (κ1) is 27.8. The zero-order valence-electron chi connectivity index (χ0n) is 22.5. The number of aromatic hydroxyl groups is 1. The monoisotopic (exact) mass is 527 g/mol. The molecule has 0 heterocycles. The topological polar surface area (TPSA) is 173 Å². The van der Waals surface area contributed by atoms with E-state index in [4.69, 9.17) is 5.73 Å². The van der Waals surface area contributed by atoms with Gasteiger partial charge in [-0.05, 0) is 62.5 Å². The van der Waals surface area contributed by atoms with E-state index < -0.39 is 57.5 Å². The highest BCUT2D eigenvalue weighted by atomic mass is 16.4. The minimum atomic E-state index is -2.69. The number of primary amides is 1. The van der Waals surface area contributed by atoms with Crippen LogP contribution < -0.4 is 11.1 Å². The Morgan fingerprint density at radius 2 is 1.89 bits per heavy atom. The second-order valence-corrected chi connectivity index (χ2v) is 11.4. The lowest BCUT2D eigenvalue weighted by atomic mass is 9.51. The van der Waals surface area contributed by atoms with Crippen LogP contribution in [0.2, 0.25) is 0 Å². The fourth-order valence-corrected chi connectivity index (χ4v) is 6.66. The second kappa shape index (κ2) is 9.52. The molecule has 0 fully saturated rings. The van der Waals surface area contributed by atoms with Gasteiger partial charge in [-0.1, -0.05) is 33.3 Å². The average Bonchev–Trinajstić information content (AvgIpc) is 2.82. The number of phenolic OH excluding ortho intramolecular Hbond substituents is 1. The number of Topliss-reactive ketones (excluding diaryl/α,β-unsaturated/α-hetero) is 2. The van der Waals surface area contributed by atoms with Crippen molar-refractivity contribution >= 4 is 17.5 Å². The Balaban J connectivity index is 1.88. The maximum atomic E-state index is 13.8. The molecule has 4 rings (SSSR count). The number of nitrogens with one attached hydrogen (secondary N) is 1. The zero-order chi connectivity index (χ0) is 28.3. The minimum Gasteiger partial charge on any atom is -0.510 e. The summed E-state index contributed by atoms with van der Waals surface area (Å²) in [6.07, 6.45) is 1.32. The number of benzene rings is 1. The van der Waals surface area contributed by atoms with Gasteiger partial charge in [-0.25, -0.2) is 0 Å². The van der Waals surface area contributed by atoms with Crippen LogP contribution in [0.25, 0.3) is 0 Å². The summed E-state index contributed by atoms with van der Waals surface area (Å²) in [5.74, 6) is -5.04. The summed E-state index contributed by atoms with van der Waals surface area (Å²) < 4.78 is 0. The van der Waals surface area contributed by atoms with Crippen molar-refractivity contribution in [2.24, 2.45) is 23.0 Å². The van der Waals surface area contributed by atoms with Gasteiger partial charge in [-0.3, -0.25) is 19.3 Å². The van der Waals surface area contributed by atoms with Crippen molar-refractivity contribution < 1.29 is 34.8 Å². The summed E-state index contributed by atoms with van der Waals surface area (Å²) in [5.41, 5.74) is 1.71. The van der Waals surface area contributed by atoms with Crippen LogP contribution in [0.1, 0.15) is 55.1 Å². The summed E-state index contributed by atoms with van der Waals surface area (Å²) in [4.78, 5) is 41.0. The molecule has 0 saturated heterocycles. The maximum Gasteiger partial charge on any atom is 0.255 e. The Bertz CT molecular complexity index is 1280. The molecular formula is C28H37N3O7. The summed E-state index contributed by atoms with van der Waals surface area (Å²) in [7, 11) is 3.22. The molecule has 0 aliphatic heterocycles. The number of aliphatic hydroxyl groups is 3. The fourth-order valence-electron chi connectivity index (χ4n) is 6.66. The van der Waals surface area contributed by atoms with Crippen molar-refractivity contribution in [3.05, 3.63) is 51.5 Å². The molecular weight excluding hydrogens is 490 g/mol. The quantitative estimate of drug-likeness (QED) is 0.288. The zero-order valence-corrected chi connectivity index (χ0v) is 22.5. The number of amides is 1. The third-order valence-corrected chi connectivity index (χ3v) is 8.76. The van der Waals surface area contributed by atoms with E-state index in [1.807, 2.05) is 0 Å². The number of phenols is 1. The molecule has 0 spiro atoms. The smallest absolute Gasteiger partial charge is 0.255 e. The molecule has 7 N–H and O–H groups in total. The van der Waals surface area contributed by atoms with Gasteiger partial charge in [-0.15, -0.1) is 0 Å². The number of hydrogen-bond donors (Lipinski definition) is 6. The number of nitrogens with two attached hydrogens (primary N) is 1. The van der Waals surface area contributed by atoms with Crippen LogP contribution in [0.3, 0.4) is 0 Å². The maximum absolute atomic E-state index is 13.8. The number of fused-ring (bicyclic) bond motifs is 3. The fraction of sp³-hybridized carbons (Fsp3) is 0.536. The third kappa shape index (κ3) is 3.77. The van der Waals surface area contributed by atoms with Crippen LogP contribution >= 0.6 is 0 Å². The van der Waals surface area contributed by atoms with Gasteiger partial charge in [0.2, 0.25) is 5.78 Å². The van der Waals surface area contributed by atoms with Crippen LogP contribution in [0.5, 0.6) is 5.75 Å². The summed E-state index contributed by atoms with van der Waals surface area (Å²) in [6.45, 7) is 7.04. The number of aliphatic hydroxyl groups excluding tert-OH is 2. The summed E-state index contributed by atoms with van der Waals surface area (Å²) in [5, 5.41) is 48.4. The van der Waals surface area contributed by atoms with Crippen molar-refractivity contribution in [2.45, 2.75) is 58.2 Å². The lowest BCUT2D eigenvalue weighted by Crippen LogP contribution is -2.69. The highest BCUT2D eigenvalue weighted by molar-refractivity contribution is 6.25. The molecule has 1 aromatic rings. The van der Waals surface area contributed by atoms with Crippen molar-refractivity contribution in [1.29, 1.82) is 0 Å². The first-order valence-electron chi connectivity index (χ1n) is 12.9. The number of carbonyl (C=O) groups is 3. The molecule has 10 nitrogen and oxygen atoms in total. The number of ketones is 2. The van der Waals surface area contributed by atoms with E-state index in [0.29, 0.717) is 18.0 Å². The Labute approximate surface area is 221 Å². The Morgan fingerprint density at radius 3 is 2.47 bits per heavy atom. The number of carbonyl (C=O) groups excluding carboxylic acids is 3. The summed E-state index contributed by atoms with van der Waals surface area (Å²) in [6, 6.07) is 2.13. The SMILES string of the molecule is CCC(C)CNCc1ccc(O)c2c1C[C@H]1C[C@@]3(C)[C@H](N(C)C)C(O)=C(C(N)=O)C(=O)[C@@]3(O)C(O)=C1C2=O. The lowest BCUT2D eigenvalue weighted by Gasteiger charge is -2.57. The van der Waals surface area contributed by atoms with Crippen molar-refractivity contribution in [2.75, 3.05) is 20.6 Å². The number of rotatable bonds is 7. The number of nitrogens with zero attached hydrogens (tertiary/aromatic N) is 1. The van der Waals surface area contributed by atoms with Crippen molar-refractivity contribution in [1.82, 2.24) is 10.2 Å². The van der Waals surface area contributed by atoms with Gasteiger partial charge >= 0.3 is 0 Å². The van der Waals surface area contributed by atoms with E-state index in [-0.39, 0.29) is 29.7 Å². The molecule has 1 aromatic carbocycles. The molecule has 0 radical (unpaired) electrons. The van der Waals surface area contributed by atoms with Gasteiger partial charge in [0.15, 0.2) is 11.4 Å². The molecule has 3 aliphatic carbocycles. The Kier molecular flexibility index (Phi) is 6.97. The molecule has 3 aliphatic rings. The van der Waals surface area contributed by atoms with E-state index in [1.54, 1.807) is 32.0 Å². The lowest BCUT2D eigenvalue weighted by molar-refractivity contribution is -0.165. The summed E-state index contributed by atoms with van der Waals surface area (Å²) >= 11 is 0. The van der Waals surface area contributed by atoms with Crippen LogP contribution in [0.4, 0.5) is 0 Å². The molecule has 5 atom stereocenters. The normalized spacial score (nSPS) is 29.8. The van der Waals surface area contributed by atoms with Crippen LogP contribution in [-0.2, 0) is 22.6 Å². The van der Waals surface area contributed by atoms with E-state index in [0.717, 1.165) is 18.5 Å². The highest BCUT2D eigenvalue weighted by Gasteiger charge is 2.69. The molecule has 38 heavy (non-hydrogen) atoms. The predicted molar refractivity (Wildman–Crippen MR) is 139 cm³/mol. The van der Waals surface area contributed by atoms with Gasteiger partial charge in [0.05, 0.1) is 11.6 Å². The van der Waals surface area contributed by atoms with Crippen LogP contribution in [-0.4, -0.2) is 75.1 Å².